The van der Waals surface area contributed by atoms with E-state index in [0.717, 1.165) is 31.3 Å². The molecule has 1 aromatic carbocycles. The lowest BCUT2D eigenvalue weighted by Crippen LogP contribution is -2.39. The third kappa shape index (κ3) is 5.64. The van der Waals surface area contributed by atoms with E-state index in [0.29, 0.717) is 17.1 Å². The molecule has 1 aromatic heterocycles. The van der Waals surface area contributed by atoms with Crippen LogP contribution in [0.2, 0.25) is 0 Å². The van der Waals surface area contributed by atoms with Crippen molar-refractivity contribution in [1.82, 2.24) is 15.3 Å². The Hall–Kier alpha value is -2.41. The second-order valence-electron chi connectivity index (χ2n) is 8.72. The summed E-state index contributed by atoms with van der Waals surface area (Å²) >= 11 is 5.61. The number of hydrogen-bond donors (Lipinski definition) is 2. The van der Waals surface area contributed by atoms with Gasteiger partial charge in [0.2, 0.25) is 5.95 Å². The number of aromatic nitrogens is 2. The number of nitrogens with one attached hydrogen (secondary N) is 2. The molecule has 7 heteroatoms. The second kappa shape index (κ2) is 10.3. The normalized spacial score (nSPS) is 20.3. The van der Waals surface area contributed by atoms with E-state index < -0.39 is 0 Å². The van der Waals surface area contributed by atoms with Gasteiger partial charge in [-0.2, -0.15) is 9.97 Å². The highest BCUT2D eigenvalue weighted by Gasteiger charge is 2.23. The smallest absolute Gasteiger partial charge is 0.232 e. The van der Waals surface area contributed by atoms with Gasteiger partial charge in [0.1, 0.15) is 11.6 Å². The topological polar surface area (TPSA) is 56.3 Å². The Morgan fingerprint density at radius 1 is 1.00 bits per heavy atom. The van der Waals surface area contributed by atoms with E-state index in [1.807, 2.05) is 18.2 Å². The number of thiocarbonyl (C=S) groups is 1. The van der Waals surface area contributed by atoms with Gasteiger partial charge < -0.3 is 20.4 Å². The molecular formula is C24H34N6S. The Morgan fingerprint density at radius 2 is 1.71 bits per heavy atom. The Bertz CT molecular complexity index is 868. The van der Waals surface area contributed by atoms with Crippen molar-refractivity contribution in [2.45, 2.75) is 64.5 Å². The van der Waals surface area contributed by atoms with Crippen LogP contribution in [0.25, 0.3) is 0 Å². The van der Waals surface area contributed by atoms with Gasteiger partial charge in [0, 0.05) is 31.7 Å². The zero-order valence-corrected chi connectivity index (χ0v) is 19.5. The summed E-state index contributed by atoms with van der Waals surface area (Å²) in [4.78, 5) is 14.5. The van der Waals surface area contributed by atoms with Crippen LogP contribution < -0.4 is 20.4 Å². The molecule has 31 heavy (non-hydrogen) atoms. The molecule has 2 aromatic rings. The minimum atomic E-state index is 0.105. The average Bonchev–Trinajstić information content (AvgIpc) is 2.80. The Kier molecular flexibility index (Phi) is 7.22. The molecule has 166 valence electrons. The van der Waals surface area contributed by atoms with E-state index in [4.69, 9.17) is 22.2 Å². The molecule has 0 amide bonds. The summed E-state index contributed by atoms with van der Waals surface area (Å²) in [6, 6.07) is 13.1. The van der Waals surface area contributed by atoms with Crippen molar-refractivity contribution >= 4 is 34.9 Å². The fourth-order valence-electron chi connectivity index (χ4n) is 4.51. The number of rotatable bonds is 5. The number of nitrogens with zero attached hydrogens (tertiary/aromatic N) is 4. The van der Waals surface area contributed by atoms with Crippen molar-refractivity contribution in [2.75, 3.05) is 34.8 Å². The van der Waals surface area contributed by atoms with Gasteiger partial charge in [-0.15, -0.1) is 0 Å². The molecule has 0 aliphatic carbocycles. The zero-order chi connectivity index (χ0) is 21.6. The number of piperidine rings is 2. The van der Waals surface area contributed by atoms with Crippen LogP contribution in [0, 0.1) is 0 Å². The fraction of sp³-hybridized carbons (Fsp3) is 0.542. The molecule has 2 atom stereocenters. The molecular weight excluding hydrogens is 404 g/mol. The Labute approximate surface area is 191 Å². The molecule has 3 heterocycles. The number of benzene rings is 1. The first kappa shape index (κ1) is 21.8. The lowest BCUT2D eigenvalue weighted by molar-refractivity contribution is 0.481. The summed E-state index contributed by atoms with van der Waals surface area (Å²) in [5.74, 6) is 2.58. The third-order valence-electron chi connectivity index (χ3n) is 6.35. The van der Waals surface area contributed by atoms with E-state index >= 15 is 0 Å². The van der Waals surface area contributed by atoms with Crippen LogP contribution >= 0.6 is 12.2 Å². The van der Waals surface area contributed by atoms with Gasteiger partial charge in [0.25, 0.3) is 0 Å². The van der Waals surface area contributed by atoms with Gasteiger partial charge in [0.15, 0.2) is 5.11 Å². The first-order valence-corrected chi connectivity index (χ1v) is 12.0. The van der Waals surface area contributed by atoms with Gasteiger partial charge >= 0.3 is 0 Å². The van der Waals surface area contributed by atoms with Gasteiger partial charge in [-0.05, 0) is 70.2 Å². The van der Waals surface area contributed by atoms with Gasteiger partial charge in [0.05, 0.1) is 6.04 Å². The highest BCUT2D eigenvalue weighted by Crippen LogP contribution is 2.28. The van der Waals surface area contributed by atoms with Crippen LogP contribution in [-0.4, -0.2) is 40.8 Å². The van der Waals surface area contributed by atoms with Crippen molar-refractivity contribution in [3.8, 4) is 0 Å². The molecule has 2 saturated heterocycles. The van der Waals surface area contributed by atoms with Crippen LogP contribution in [0.1, 0.15) is 64.0 Å². The largest absolute Gasteiger partial charge is 0.356 e. The number of anilines is 3. The van der Waals surface area contributed by atoms with E-state index in [1.54, 1.807) is 0 Å². The third-order valence-corrected chi connectivity index (χ3v) is 6.57. The summed E-state index contributed by atoms with van der Waals surface area (Å²) in [5, 5.41) is 7.17. The monoisotopic (exact) mass is 438 g/mol. The molecule has 6 nitrogen and oxygen atoms in total. The Morgan fingerprint density at radius 3 is 2.45 bits per heavy atom. The maximum absolute atomic E-state index is 5.61. The van der Waals surface area contributed by atoms with E-state index in [9.17, 15) is 0 Å². The summed E-state index contributed by atoms with van der Waals surface area (Å²) in [5.41, 5.74) is 1.19. The molecule has 2 aliphatic rings. The Balaban J connectivity index is 1.53. The first-order valence-electron chi connectivity index (χ1n) is 11.6. The molecule has 0 bridgehead atoms. The standard InChI is InChI=1S/C24H34N6S/c1-18-11-7-10-16-30(18)22-17-21(29-14-8-4-9-15-29)26-23(27-22)28-24(31)25-19(2)20-12-5-3-6-13-20/h3,5-6,12-13,17-19H,4,7-11,14-16H2,1-2H3,(H2,25,26,27,28,31)/t18-,19-/m1/s1. The van der Waals surface area contributed by atoms with Crippen molar-refractivity contribution in [3.05, 3.63) is 42.0 Å². The summed E-state index contributed by atoms with van der Waals surface area (Å²) < 4.78 is 0. The lowest BCUT2D eigenvalue weighted by Gasteiger charge is -2.35. The highest BCUT2D eigenvalue weighted by molar-refractivity contribution is 7.80. The average molecular weight is 439 g/mol. The van der Waals surface area contributed by atoms with Crippen LogP contribution in [0.15, 0.2) is 36.4 Å². The van der Waals surface area contributed by atoms with E-state index in [-0.39, 0.29) is 6.04 Å². The highest BCUT2D eigenvalue weighted by atomic mass is 32.1. The molecule has 0 unspecified atom stereocenters. The second-order valence-corrected chi connectivity index (χ2v) is 9.13. The predicted molar refractivity (Wildman–Crippen MR) is 133 cm³/mol. The fourth-order valence-corrected chi connectivity index (χ4v) is 4.78. The van der Waals surface area contributed by atoms with Crippen LogP contribution in [0.4, 0.5) is 17.6 Å². The molecule has 4 rings (SSSR count). The molecule has 2 aliphatic heterocycles. The predicted octanol–water partition coefficient (Wildman–Crippen LogP) is 4.89. The summed E-state index contributed by atoms with van der Waals surface area (Å²) in [6.45, 7) is 7.56. The van der Waals surface area contributed by atoms with Gasteiger partial charge in [-0.3, -0.25) is 0 Å². The molecule has 0 radical (unpaired) electrons. The molecule has 2 fully saturated rings. The van der Waals surface area contributed by atoms with Gasteiger partial charge in [-0.25, -0.2) is 0 Å². The van der Waals surface area contributed by atoms with Crippen LogP contribution in [0.3, 0.4) is 0 Å². The van der Waals surface area contributed by atoms with Crippen molar-refractivity contribution in [3.63, 3.8) is 0 Å². The first-order chi connectivity index (χ1) is 15.1. The SMILES string of the molecule is C[C@@H]1CCCCN1c1cc(N2CCCCC2)nc(NC(=S)N[C@H](C)c2ccccc2)n1. The van der Waals surface area contributed by atoms with E-state index in [2.05, 4.69) is 52.5 Å². The summed E-state index contributed by atoms with van der Waals surface area (Å²) in [6.07, 6.45) is 7.45. The van der Waals surface area contributed by atoms with Crippen molar-refractivity contribution in [1.29, 1.82) is 0 Å². The maximum Gasteiger partial charge on any atom is 0.232 e. The maximum atomic E-state index is 5.61. The molecule has 0 saturated carbocycles. The molecule has 0 spiro atoms. The van der Waals surface area contributed by atoms with E-state index in [1.165, 1.54) is 44.1 Å². The number of hydrogen-bond acceptors (Lipinski definition) is 5. The van der Waals surface area contributed by atoms with Crippen molar-refractivity contribution in [2.24, 2.45) is 0 Å². The molecule has 2 N–H and O–H groups in total. The quantitative estimate of drug-likeness (QED) is 0.644. The zero-order valence-electron chi connectivity index (χ0n) is 18.7. The van der Waals surface area contributed by atoms with Crippen molar-refractivity contribution < 1.29 is 0 Å². The van der Waals surface area contributed by atoms with Crippen LogP contribution in [0.5, 0.6) is 0 Å². The summed E-state index contributed by atoms with van der Waals surface area (Å²) in [7, 11) is 0. The van der Waals surface area contributed by atoms with Gasteiger partial charge in [-0.1, -0.05) is 30.3 Å². The van der Waals surface area contributed by atoms with Crippen LogP contribution in [-0.2, 0) is 0 Å². The lowest BCUT2D eigenvalue weighted by atomic mass is 10.0. The minimum Gasteiger partial charge on any atom is -0.356 e. The minimum absolute atomic E-state index is 0.105.